The Kier molecular flexibility index (Phi) is 3.66. The van der Waals surface area contributed by atoms with Crippen LogP contribution in [0.4, 0.5) is 11.6 Å². The topological polar surface area (TPSA) is 73.1 Å². The van der Waals surface area contributed by atoms with Gasteiger partial charge in [0.1, 0.15) is 6.33 Å². The Morgan fingerprint density at radius 3 is 2.78 bits per heavy atom. The first-order valence-electron chi connectivity index (χ1n) is 5.59. The first-order valence-corrected chi connectivity index (χ1v) is 6.40. The molecule has 0 aromatic carbocycles. The lowest BCUT2D eigenvalue weighted by molar-refractivity contribution is 0.415. The Morgan fingerprint density at radius 1 is 1.39 bits per heavy atom. The van der Waals surface area contributed by atoms with Crippen LogP contribution in [0.15, 0.2) is 18.5 Å². The minimum atomic E-state index is 0.145. The first kappa shape index (κ1) is 12.6. The molecule has 18 heavy (non-hydrogen) atoms. The summed E-state index contributed by atoms with van der Waals surface area (Å²) in [5.74, 6) is 1.44. The van der Waals surface area contributed by atoms with Crippen LogP contribution in [-0.4, -0.2) is 17.1 Å². The van der Waals surface area contributed by atoms with Gasteiger partial charge in [0.15, 0.2) is 11.6 Å². The summed E-state index contributed by atoms with van der Waals surface area (Å²) in [6.45, 7) is 4.16. The number of hydrogen-bond donors (Lipinski definition) is 2. The van der Waals surface area contributed by atoms with E-state index in [2.05, 4.69) is 41.3 Å². The van der Waals surface area contributed by atoms with Crippen molar-refractivity contribution >= 4 is 23.0 Å². The lowest BCUT2D eigenvalue weighted by Crippen LogP contribution is -2.09. The van der Waals surface area contributed by atoms with Crippen LogP contribution in [0.1, 0.15) is 22.7 Å². The van der Waals surface area contributed by atoms with E-state index in [1.165, 1.54) is 16.1 Å². The van der Waals surface area contributed by atoms with Crippen molar-refractivity contribution in [2.45, 2.75) is 19.9 Å². The maximum atomic E-state index is 5.74. The molecular formula is C12H16N4OS. The highest BCUT2D eigenvalue weighted by atomic mass is 32.1. The highest BCUT2D eigenvalue weighted by Crippen LogP contribution is 2.31. The molecule has 3 N–H and O–H groups in total. The Labute approximate surface area is 110 Å². The molecule has 0 saturated carbocycles. The zero-order valence-electron chi connectivity index (χ0n) is 10.6. The van der Waals surface area contributed by atoms with Gasteiger partial charge in [-0.05, 0) is 26.0 Å². The van der Waals surface area contributed by atoms with Gasteiger partial charge in [-0.3, -0.25) is 0 Å². The van der Waals surface area contributed by atoms with Gasteiger partial charge in [-0.2, -0.15) is 0 Å². The van der Waals surface area contributed by atoms with Crippen LogP contribution in [0, 0.1) is 6.92 Å². The van der Waals surface area contributed by atoms with Gasteiger partial charge < -0.3 is 15.8 Å². The van der Waals surface area contributed by atoms with E-state index in [0.717, 1.165) is 0 Å². The van der Waals surface area contributed by atoms with Crippen LogP contribution in [0.5, 0.6) is 5.75 Å². The Morgan fingerprint density at radius 2 is 2.17 bits per heavy atom. The number of nitrogen functional groups attached to an aromatic ring is 1. The van der Waals surface area contributed by atoms with Gasteiger partial charge in [-0.25, -0.2) is 9.97 Å². The summed E-state index contributed by atoms with van der Waals surface area (Å²) < 4.78 is 5.21. The highest BCUT2D eigenvalue weighted by molar-refractivity contribution is 7.12. The molecule has 96 valence electrons. The number of thiophene rings is 1. The number of aromatic nitrogens is 2. The zero-order chi connectivity index (χ0) is 13.1. The maximum absolute atomic E-state index is 5.74. The van der Waals surface area contributed by atoms with Gasteiger partial charge in [0, 0.05) is 9.75 Å². The van der Waals surface area contributed by atoms with Gasteiger partial charge in [-0.1, -0.05) is 0 Å². The Hall–Kier alpha value is -1.82. The monoisotopic (exact) mass is 264 g/mol. The maximum Gasteiger partial charge on any atom is 0.203 e. The van der Waals surface area contributed by atoms with E-state index in [0.29, 0.717) is 17.4 Å². The van der Waals surface area contributed by atoms with Crippen LogP contribution in [-0.2, 0) is 0 Å². The number of methoxy groups -OCH3 is 1. The van der Waals surface area contributed by atoms with E-state index < -0.39 is 0 Å². The summed E-state index contributed by atoms with van der Waals surface area (Å²) in [6, 6.07) is 4.35. The molecule has 0 amide bonds. The second-order valence-corrected chi connectivity index (χ2v) is 5.27. The van der Waals surface area contributed by atoms with Gasteiger partial charge in [-0.15, -0.1) is 11.3 Å². The van der Waals surface area contributed by atoms with Crippen LogP contribution in [0.3, 0.4) is 0 Å². The average molecular weight is 264 g/mol. The molecule has 2 aromatic heterocycles. The smallest absolute Gasteiger partial charge is 0.203 e. The number of hydrogen-bond acceptors (Lipinski definition) is 6. The lowest BCUT2D eigenvalue weighted by Gasteiger charge is -2.15. The molecule has 0 spiro atoms. The number of rotatable bonds is 4. The highest BCUT2D eigenvalue weighted by Gasteiger charge is 2.14. The van der Waals surface area contributed by atoms with E-state index in [9.17, 15) is 0 Å². The van der Waals surface area contributed by atoms with Crippen molar-refractivity contribution in [1.82, 2.24) is 9.97 Å². The fourth-order valence-electron chi connectivity index (χ4n) is 1.65. The van der Waals surface area contributed by atoms with E-state index in [-0.39, 0.29) is 6.04 Å². The van der Waals surface area contributed by atoms with Crippen molar-refractivity contribution in [3.63, 3.8) is 0 Å². The molecule has 2 rings (SSSR count). The van der Waals surface area contributed by atoms with E-state index >= 15 is 0 Å². The van der Waals surface area contributed by atoms with Crippen molar-refractivity contribution in [3.05, 3.63) is 28.2 Å². The molecule has 0 fully saturated rings. The fourth-order valence-corrected chi connectivity index (χ4v) is 2.53. The molecule has 6 heteroatoms. The minimum absolute atomic E-state index is 0.145. The molecule has 0 aliphatic heterocycles. The molecule has 0 aliphatic rings. The van der Waals surface area contributed by atoms with Gasteiger partial charge in [0.25, 0.3) is 0 Å². The summed E-state index contributed by atoms with van der Waals surface area (Å²) in [5, 5.41) is 3.29. The number of ether oxygens (including phenoxy) is 1. The minimum Gasteiger partial charge on any atom is -0.490 e. The summed E-state index contributed by atoms with van der Waals surface area (Å²) in [4.78, 5) is 10.6. The van der Waals surface area contributed by atoms with Crippen LogP contribution >= 0.6 is 11.3 Å². The Bertz CT molecular complexity index is 541. The van der Waals surface area contributed by atoms with E-state index in [4.69, 9.17) is 10.5 Å². The van der Waals surface area contributed by atoms with Crippen LogP contribution < -0.4 is 15.8 Å². The molecule has 2 heterocycles. The Balaban J connectivity index is 2.21. The third-order valence-corrected chi connectivity index (χ3v) is 3.76. The molecule has 0 saturated heterocycles. The van der Waals surface area contributed by atoms with Crippen molar-refractivity contribution in [2.75, 3.05) is 18.2 Å². The molecule has 0 bridgehead atoms. The molecular weight excluding hydrogens is 248 g/mol. The molecule has 5 nitrogen and oxygen atoms in total. The van der Waals surface area contributed by atoms with Gasteiger partial charge >= 0.3 is 0 Å². The SMILES string of the molecule is COc1c(N)ncnc1NC(C)c1ccc(C)s1. The second-order valence-electron chi connectivity index (χ2n) is 3.96. The molecule has 1 atom stereocenters. The van der Waals surface area contributed by atoms with Crippen molar-refractivity contribution in [2.24, 2.45) is 0 Å². The zero-order valence-corrected chi connectivity index (χ0v) is 11.4. The predicted molar refractivity (Wildman–Crippen MR) is 74.1 cm³/mol. The molecule has 2 aromatic rings. The van der Waals surface area contributed by atoms with Gasteiger partial charge in [0.05, 0.1) is 13.2 Å². The lowest BCUT2D eigenvalue weighted by atomic mass is 10.2. The van der Waals surface area contributed by atoms with Crippen LogP contribution in [0.2, 0.25) is 0 Å². The second kappa shape index (κ2) is 5.22. The van der Waals surface area contributed by atoms with E-state index in [1.807, 2.05) is 0 Å². The third kappa shape index (κ3) is 2.53. The van der Waals surface area contributed by atoms with Crippen molar-refractivity contribution in [3.8, 4) is 5.75 Å². The fraction of sp³-hybridized carbons (Fsp3) is 0.333. The van der Waals surface area contributed by atoms with E-state index in [1.54, 1.807) is 18.4 Å². The van der Waals surface area contributed by atoms with Crippen molar-refractivity contribution in [1.29, 1.82) is 0 Å². The summed E-state index contributed by atoms with van der Waals surface area (Å²) in [5.41, 5.74) is 5.74. The number of nitrogens with two attached hydrogens (primary N) is 1. The van der Waals surface area contributed by atoms with Gasteiger partial charge in [0.2, 0.25) is 5.75 Å². The predicted octanol–water partition coefficient (Wildman–Crippen LogP) is 2.61. The third-order valence-electron chi connectivity index (χ3n) is 2.58. The normalized spacial score (nSPS) is 12.2. The molecule has 0 radical (unpaired) electrons. The summed E-state index contributed by atoms with van der Waals surface area (Å²) in [6.07, 6.45) is 1.42. The number of aryl methyl sites for hydroxylation is 1. The molecule has 0 aliphatic carbocycles. The number of anilines is 2. The summed E-state index contributed by atoms with van der Waals surface area (Å²) >= 11 is 1.75. The average Bonchev–Trinajstić information content (AvgIpc) is 2.76. The molecule has 1 unspecified atom stereocenters. The largest absolute Gasteiger partial charge is 0.490 e. The standard InChI is InChI=1S/C12H16N4OS/c1-7-4-5-9(18-7)8(2)16-12-10(17-3)11(13)14-6-15-12/h4-6,8H,1-3H3,(H3,13,14,15,16). The first-order chi connectivity index (χ1) is 8.61. The number of nitrogens with zero attached hydrogens (tertiary/aromatic N) is 2. The number of nitrogens with one attached hydrogen (secondary N) is 1. The van der Waals surface area contributed by atoms with Crippen LogP contribution in [0.25, 0.3) is 0 Å². The van der Waals surface area contributed by atoms with Crippen molar-refractivity contribution < 1.29 is 4.74 Å². The quantitative estimate of drug-likeness (QED) is 0.888. The summed E-state index contributed by atoms with van der Waals surface area (Å²) in [7, 11) is 1.56.